The van der Waals surface area contributed by atoms with E-state index in [1.54, 1.807) is 6.92 Å². The van der Waals surface area contributed by atoms with Crippen molar-refractivity contribution < 1.29 is 14.3 Å². The predicted octanol–water partition coefficient (Wildman–Crippen LogP) is 2.00. The number of hydrogen-bond acceptors (Lipinski definition) is 3. The molecule has 0 radical (unpaired) electrons. The Morgan fingerprint density at radius 2 is 2.20 bits per heavy atom. The molecule has 0 bridgehead atoms. The van der Waals surface area contributed by atoms with E-state index in [0.29, 0.717) is 6.61 Å². The maximum Gasteiger partial charge on any atom is 0.338 e. The molecule has 0 N–H and O–H groups in total. The Kier molecular flexibility index (Phi) is 2.73. The summed E-state index contributed by atoms with van der Waals surface area (Å²) in [5.41, 5.74) is 2.23. The molecule has 1 aromatic carbocycles. The number of ether oxygens (including phenoxy) is 2. The summed E-state index contributed by atoms with van der Waals surface area (Å²) >= 11 is 0. The Balaban J connectivity index is 2.05. The molecule has 3 heteroatoms. The van der Waals surface area contributed by atoms with Crippen molar-refractivity contribution in [2.45, 2.75) is 26.1 Å². The fourth-order valence-corrected chi connectivity index (χ4v) is 1.66. The Morgan fingerprint density at radius 1 is 1.47 bits per heavy atom. The topological polar surface area (TPSA) is 38.8 Å². The van der Waals surface area contributed by atoms with Gasteiger partial charge in [0.05, 0.1) is 6.61 Å². The fourth-order valence-electron chi connectivity index (χ4n) is 1.66. The third kappa shape index (κ3) is 2.02. The van der Waals surface area contributed by atoms with E-state index in [2.05, 4.69) is 0 Å². The van der Waals surface area contributed by atoms with Gasteiger partial charge in [-0.15, -0.1) is 0 Å². The molecule has 15 heavy (non-hydrogen) atoms. The van der Waals surface area contributed by atoms with Crippen molar-refractivity contribution in [2.75, 3.05) is 6.61 Å². The van der Waals surface area contributed by atoms with E-state index in [1.807, 2.05) is 31.2 Å². The highest BCUT2D eigenvalue weighted by Crippen LogP contribution is 2.40. The van der Waals surface area contributed by atoms with Gasteiger partial charge in [0.2, 0.25) is 0 Å². The second kappa shape index (κ2) is 4.03. The van der Waals surface area contributed by atoms with Crippen LogP contribution < -0.4 is 0 Å². The lowest BCUT2D eigenvalue weighted by molar-refractivity contribution is -0.144. The first kappa shape index (κ1) is 10.2. The number of esters is 1. The molecular weight excluding hydrogens is 192 g/mol. The fraction of sp³-hybridized carbons (Fsp3) is 0.417. The van der Waals surface area contributed by atoms with E-state index < -0.39 is 6.10 Å². The average molecular weight is 206 g/mol. The Hall–Kier alpha value is -1.35. The van der Waals surface area contributed by atoms with Crippen LogP contribution in [0.2, 0.25) is 0 Å². The minimum absolute atomic E-state index is 0.106. The van der Waals surface area contributed by atoms with Crippen LogP contribution >= 0.6 is 0 Å². The van der Waals surface area contributed by atoms with Crippen LogP contribution in [0, 0.1) is 6.92 Å². The van der Waals surface area contributed by atoms with Gasteiger partial charge in [-0.2, -0.15) is 0 Å². The molecule has 2 rings (SSSR count). The van der Waals surface area contributed by atoms with Crippen molar-refractivity contribution in [1.82, 2.24) is 0 Å². The van der Waals surface area contributed by atoms with E-state index in [0.717, 1.165) is 11.1 Å². The molecule has 0 aromatic heterocycles. The lowest BCUT2D eigenvalue weighted by Gasteiger charge is -2.00. The molecule has 2 atom stereocenters. The number of carbonyl (C=O) groups is 1. The normalized spacial score (nSPS) is 23.6. The highest BCUT2D eigenvalue weighted by molar-refractivity contribution is 5.78. The Labute approximate surface area is 89.0 Å². The van der Waals surface area contributed by atoms with Gasteiger partial charge in [-0.3, -0.25) is 0 Å². The number of hydrogen-bond donors (Lipinski definition) is 0. The first-order valence-electron chi connectivity index (χ1n) is 5.11. The minimum Gasteiger partial charge on any atom is -0.464 e. The van der Waals surface area contributed by atoms with Crippen molar-refractivity contribution in [3.63, 3.8) is 0 Å². The van der Waals surface area contributed by atoms with Crippen molar-refractivity contribution in [2.24, 2.45) is 0 Å². The molecule has 80 valence electrons. The molecule has 0 saturated carbocycles. The lowest BCUT2D eigenvalue weighted by Crippen LogP contribution is -2.12. The summed E-state index contributed by atoms with van der Waals surface area (Å²) in [5, 5.41) is 0. The molecule has 0 amide bonds. The summed E-state index contributed by atoms with van der Waals surface area (Å²) in [5.74, 6) is -0.259. The van der Waals surface area contributed by atoms with Gasteiger partial charge in [-0.1, -0.05) is 24.3 Å². The zero-order valence-corrected chi connectivity index (χ0v) is 8.90. The number of benzene rings is 1. The van der Waals surface area contributed by atoms with E-state index in [4.69, 9.17) is 9.47 Å². The molecular formula is C12H14O3. The number of rotatable bonds is 3. The quantitative estimate of drug-likeness (QED) is 0.561. The highest BCUT2D eigenvalue weighted by atomic mass is 16.6. The first-order valence-corrected chi connectivity index (χ1v) is 5.11. The number of aryl methyl sites for hydroxylation is 1. The molecule has 1 heterocycles. The molecule has 1 saturated heterocycles. The zero-order valence-electron chi connectivity index (χ0n) is 8.90. The molecule has 1 aliphatic rings. The van der Waals surface area contributed by atoms with Crippen LogP contribution in [0.1, 0.15) is 24.2 Å². The van der Waals surface area contributed by atoms with Crippen molar-refractivity contribution >= 4 is 5.97 Å². The molecule has 0 spiro atoms. The second-order valence-electron chi connectivity index (χ2n) is 3.59. The summed E-state index contributed by atoms with van der Waals surface area (Å²) < 4.78 is 10.2. The van der Waals surface area contributed by atoms with Crippen LogP contribution in [0.3, 0.4) is 0 Å². The maximum atomic E-state index is 11.4. The third-order valence-corrected chi connectivity index (χ3v) is 2.51. The van der Waals surface area contributed by atoms with Gasteiger partial charge in [0.1, 0.15) is 6.10 Å². The summed E-state index contributed by atoms with van der Waals surface area (Å²) in [6.45, 7) is 4.21. The summed E-state index contributed by atoms with van der Waals surface area (Å²) in [6.07, 6.45) is -0.503. The van der Waals surface area contributed by atoms with Gasteiger partial charge >= 0.3 is 5.97 Å². The van der Waals surface area contributed by atoms with Gasteiger partial charge in [0.15, 0.2) is 6.10 Å². The van der Waals surface area contributed by atoms with Crippen molar-refractivity contribution in [1.29, 1.82) is 0 Å². The highest BCUT2D eigenvalue weighted by Gasteiger charge is 2.47. The summed E-state index contributed by atoms with van der Waals surface area (Å²) in [7, 11) is 0. The monoisotopic (exact) mass is 206 g/mol. The first-order chi connectivity index (χ1) is 7.24. The van der Waals surface area contributed by atoms with E-state index >= 15 is 0 Å². The minimum atomic E-state index is -0.397. The van der Waals surface area contributed by atoms with E-state index in [1.165, 1.54) is 0 Å². The van der Waals surface area contributed by atoms with Crippen LogP contribution in [0.5, 0.6) is 0 Å². The molecule has 1 fully saturated rings. The van der Waals surface area contributed by atoms with Crippen LogP contribution in [-0.2, 0) is 14.3 Å². The average Bonchev–Trinajstić information content (AvgIpc) is 2.98. The van der Waals surface area contributed by atoms with Crippen LogP contribution in [-0.4, -0.2) is 18.7 Å². The van der Waals surface area contributed by atoms with Gasteiger partial charge in [-0.05, 0) is 25.0 Å². The van der Waals surface area contributed by atoms with Crippen molar-refractivity contribution in [3.05, 3.63) is 35.4 Å². The summed E-state index contributed by atoms with van der Waals surface area (Å²) in [6, 6.07) is 7.92. The third-order valence-electron chi connectivity index (χ3n) is 2.51. The van der Waals surface area contributed by atoms with E-state index in [9.17, 15) is 4.79 Å². The van der Waals surface area contributed by atoms with Crippen LogP contribution in [0.4, 0.5) is 0 Å². The molecule has 0 aliphatic carbocycles. The molecule has 3 nitrogen and oxygen atoms in total. The van der Waals surface area contributed by atoms with Gasteiger partial charge in [-0.25, -0.2) is 4.79 Å². The number of epoxide rings is 1. The van der Waals surface area contributed by atoms with Gasteiger partial charge in [0.25, 0.3) is 0 Å². The SMILES string of the molecule is CCOC(=O)[C@H]1O[C@@H]1c1ccccc1C. The molecule has 1 aromatic rings. The predicted molar refractivity (Wildman–Crippen MR) is 55.4 cm³/mol. The van der Waals surface area contributed by atoms with Crippen molar-refractivity contribution in [3.8, 4) is 0 Å². The largest absolute Gasteiger partial charge is 0.464 e. The second-order valence-corrected chi connectivity index (χ2v) is 3.59. The zero-order chi connectivity index (χ0) is 10.8. The number of carbonyl (C=O) groups excluding carboxylic acids is 1. The smallest absolute Gasteiger partial charge is 0.338 e. The Morgan fingerprint density at radius 3 is 2.87 bits per heavy atom. The standard InChI is InChI=1S/C12H14O3/c1-3-14-12(13)11-10(15-11)9-7-5-4-6-8(9)2/h4-7,10-11H,3H2,1-2H3/t10-,11+/m1/s1. The lowest BCUT2D eigenvalue weighted by atomic mass is 10.0. The van der Waals surface area contributed by atoms with Crippen LogP contribution in [0.25, 0.3) is 0 Å². The maximum absolute atomic E-state index is 11.4. The van der Waals surface area contributed by atoms with Gasteiger partial charge < -0.3 is 9.47 Å². The molecule has 0 unspecified atom stereocenters. The Bertz CT molecular complexity index is 373. The summed E-state index contributed by atoms with van der Waals surface area (Å²) in [4.78, 5) is 11.4. The van der Waals surface area contributed by atoms with E-state index in [-0.39, 0.29) is 12.1 Å². The van der Waals surface area contributed by atoms with Gasteiger partial charge in [0, 0.05) is 0 Å². The van der Waals surface area contributed by atoms with Crippen LogP contribution in [0.15, 0.2) is 24.3 Å². The molecule has 1 aliphatic heterocycles.